The lowest BCUT2D eigenvalue weighted by Crippen LogP contribution is -2.48. The van der Waals surface area contributed by atoms with Gasteiger partial charge in [0.25, 0.3) is 0 Å². The Kier molecular flexibility index (Phi) is 7.19. The number of aryl methyl sites for hydroxylation is 3. The van der Waals surface area contributed by atoms with Gasteiger partial charge in [-0.1, -0.05) is 35.9 Å². The molecule has 0 bridgehead atoms. The van der Waals surface area contributed by atoms with Gasteiger partial charge < -0.3 is 14.2 Å². The van der Waals surface area contributed by atoms with Crippen LogP contribution in [0.25, 0.3) is 16.9 Å². The number of nitriles is 1. The van der Waals surface area contributed by atoms with Gasteiger partial charge in [0.15, 0.2) is 0 Å². The monoisotopic (exact) mass is 455 g/mol. The van der Waals surface area contributed by atoms with E-state index >= 15 is 0 Å². The summed E-state index contributed by atoms with van der Waals surface area (Å²) in [6, 6.07) is 21.2. The number of carbonyl (C=O) groups excluding carboxylic acids is 1. The Labute approximate surface area is 202 Å². The molecule has 0 aliphatic carbocycles. The number of aromatic nitrogens is 1. The van der Waals surface area contributed by atoms with Gasteiger partial charge in [-0.15, -0.1) is 0 Å². The van der Waals surface area contributed by atoms with E-state index in [1.165, 1.54) is 16.7 Å². The average molecular weight is 456 g/mol. The van der Waals surface area contributed by atoms with Crippen molar-refractivity contribution in [3.8, 4) is 23.0 Å². The summed E-state index contributed by atoms with van der Waals surface area (Å²) in [5.41, 5.74) is 7.89. The number of ether oxygens (including phenoxy) is 1. The van der Waals surface area contributed by atoms with Crippen LogP contribution in [0, 0.1) is 25.2 Å². The third kappa shape index (κ3) is 5.24. The Morgan fingerprint density at radius 3 is 2.38 bits per heavy atom. The Hall–Kier alpha value is -3.36. The molecule has 4 rings (SSSR count). The molecule has 0 spiro atoms. The van der Waals surface area contributed by atoms with Crippen molar-refractivity contribution in [3.63, 3.8) is 0 Å². The van der Waals surface area contributed by atoms with E-state index in [-0.39, 0.29) is 18.1 Å². The Morgan fingerprint density at radius 2 is 1.74 bits per heavy atom. The fraction of sp³-hybridized carbons (Fsp3) is 0.379. The summed E-state index contributed by atoms with van der Waals surface area (Å²) in [5.74, 6) is 0.173. The van der Waals surface area contributed by atoms with E-state index < -0.39 is 0 Å². The topological polar surface area (TPSA) is 58.3 Å². The Bertz CT molecular complexity index is 1190. The molecule has 3 aromatic rings. The second kappa shape index (κ2) is 10.3. The first-order chi connectivity index (χ1) is 16.4. The van der Waals surface area contributed by atoms with Crippen molar-refractivity contribution in [2.45, 2.75) is 59.2 Å². The first kappa shape index (κ1) is 23.8. The van der Waals surface area contributed by atoms with Gasteiger partial charge in [-0.3, -0.25) is 4.79 Å². The number of nitrogens with zero attached hydrogens (tertiary/aromatic N) is 3. The fourth-order valence-electron chi connectivity index (χ4n) is 4.92. The zero-order valence-electron chi connectivity index (χ0n) is 20.5. The number of amides is 1. The highest BCUT2D eigenvalue weighted by Crippen LogP contribution is 2.30. The van der Waals surface area contributed by atoms with Crippen LogP contribution in [0.15, 0.2) is 54.6 Å². The lowest BCUT2D eigenvalue weighted by molar-refractivity contribution is -0.143. The zero-order valence-corrected chi connectivity index (χ0v) is 20.5. The summed E-state index contributed by atoms with van der Waals surface area (Å²) in [6.45, 7) is 9.59. The van der Waals surface area contributed by atoms with Gasteiger partial charge in [-0.05, 0) is 69.5 Å². The van der Waals surface area contributed by atoms with Gasteiger partial charge in [0.1, 0.15) is 0 Å². The predicted octanol–water partition coefficient (Wildman–Crippen LogP) is 5.40. The molecule has 1 aromatic heterocycles. The van der Waals surface area contributed by atoms with E-state index in [2.05, 4.69) is 66.9 Å². The van der Waals surface area contributed by atoms with Crippen LogP contribution < -0.4 is 0 Å². The molecule has 176 valence electrons. The predicted molar refractivity (Wildman–Crippen MR) is 135 cm³/mol. The molecule has 5 nitrogen and oxygen atoms in total. The van der Waals surface area contributed by atoms with Gasteiger partial charge >= 0.3 is 0 Å². The minimum atomic E-state index is 0.0691. The van der Waals surface area contributed by atoms with E-state index in [1.807, 2.05) is 30.9 Å². The molecule has 2 atom stereocenters. The maximum Gasteiger partial charge on any atom is 0.223 e. The van der Waals surface area contributed by atoms with Crippen LogP contribution in [0.5, 0.6) is 0 Å². The second-order valence-corrected chi connectivity index (χ2v) is 9.42. The van der Waals surface area contributed by atoms with Gasteiger partial charge in [0, 0.05) is 36.5 Å². The summed E-state index contributed by atoms with van der Waals surface area (Å²) < 4.78 is 8.04. The molecular weight excluding hydrogens is 422 g/mol. The summed E-state index contributed by atoms with van der Waals surface area (Å²) in [4.78, 5) is 15.0. The zero-order chi connectivity index (χ0) is 24.2. The molecule has 0 saturated carbocycles. The standard InChI is InChI=1S/C29H33N3O2/c1-20-5-12-27(21(2)17-20)28-13-10-26(32(28)25-8-6-24(7-9-25)15-16-30)11-14-29(33)31-18-22(3)34-23(4)19-31/h5-10,12-13,17,22-23H,11,14-15,18-19H2,1-4H3/t22-,23-/m0/s1. The van der Waals surface area contributed by atoms with Crippen molar-refractivity contribution in [2.24, 2.45) is 0 Å². The van der Waals surface area contributed by atoms with Crippen molar-refractivity contribution in [3.05, 3.63) is 77.0 Å². The highest BCUT2D eigenvalue weighted by Gasteiger charge is 2.26. The molecule has 1 aliphatic rings. The summed E-state index contributed by atoms with van der Waals surface area (Å²) >= 11 is 0. The lowest BCUT2D eigenvalue weighted by atomic mass is 10.0. The second-order valence-electron chi connectivity index (χ2n) is 9.42. The van der Waals surface area contributed by atoms with Crippen molar-refractivity contribution in [2.75, 3.05) is 13.1 Å². The summed E-state index contributed by atoms with van der Waals surface area (Å²) in [6.07, 6.45) is 1.65. The number of carbonyl (C=O) groups is 1. The van der Waals surface area contributed by atoms with Crippen molar-refractivity contribution in [1.82, 2.24) is 9.47 Å². The molecule has 2 aromatic carbocycles. The molecule has 34 heavy (non-hydrogen) atoms. The SMILES string of the molecule is Cc1ccc(-c2ccc(CCC(=O)N3C[C@H](C)O[C@@H](C)C3)n2-c2ccc(CC#N)cc2)c(C)c1. The fourth-order valence-corrected chi connectivity index (χ4v) is 4.92. The molecule has 1 saturated heterocycles. The number of hydrogen-bond acceptors (Lipinski definition) is 3. The molecular formula is C29H33N3O2. The van der Waals surface area contributed by atoms with E-state index in [4.69, 9.17) is 10.00 Å². The first-order valence-corrected chi connectivity index (χ1v) is 12.0. The molecule has 2 heterocycles. The van der Waals surface area contributed by atoms with Crippen LogP contribution >= 0.6 is 0 Å². The number of hydrogen-bond donors (Lipinski definition) is 0. The van der Waals surface area contributed by atoms with Crippen LogP contribution in [-0.2, 0) is 22.4 Å². The average Bonchev–Trinajstić information content (AvgIpc) is 3.21. The van der Waals surface area contributed by atoms with Crippen LogP contribution in [0.3, 0.4) is 0 Å². The maximum absolute atomic E-state index is 13.0. The lowest BCUT2D eigenvalue weighted by Gasteiger charge is -2.35. The molecule has 1 amide bonds. The number of morpholine rings is 1. The van der Waals surface area contributed by atoms with Gasteiger partial charge in [0.2, 0.25) is 5.91 Å². The molecule has 1 fully saturated rings. The quantitative estimate of drug-likeness (QED) is 0.500. The van der Waals surface area contributed by atoms with Crippen LogP contribution in [-0.4, -0.2) is 40.7 Å². The molecule has 5 heteroatoms. The van der Waals surface area contributed by atoms with Crippen molar-refractivity contribution >= 4 is 5.91 Å². The van der Waals surface area contributed by atoms with Gasteiger partial charge in [-0.25, -0.2) is 0 Å². The van der Waals surface area contributed by atoms with Gasteiger partial charge in [0.05, 0.1) is 30.4 Å². The minimum Gasteiger partial charge on any atom is -0.372 e. The first-order valence-electron chi connectivity index (χ1n) is 12.0. The summed E-state index contributed by atoms with van der Waals surface area (Å²) in [7, 11) is 0. The molecule has 0 radical (unpaired) electrons. The normalized spacial score (nSPS) is 18.0. The van der Waals surface area contributed by atoms with Crippen LogP contribution in [0.4, 0.5) is 0 Å². The van der Waals surface area contributed by atoms with Gasteiger partial charge in [-0.2, -0.15) is 5.26 Å². The number of benzene rings is 2. The van der Waals surface area contributed by atoms with Crippen molar-refractivity contribution < 1.29 is 9.53 Å². The number of rotatable bonds is 6. The third-order valence-electron chi connectivity index (χ3n) is 6.46. The van der Waals surface area contributed by atoms with Crippen molar-refractivity contribution in [1.29, 1.82) is 5.26 Å². The Morgan fingerprint density at radius 1 is 1.03 bits per heavy atom. The molecule has 0 N–H and O–H groups in total. The van der Waals surface area contributed by atoms with E-state index in [0.717, 1.165) is 22.6 Å². The van der Waals surface area contributed by atoms with E-state index in [1.54, 1.807) is 0 Å². The highest BCUT2D eigenvalue weighted by molar-refractivity contribution is 5.77. The highest BCUT2D eigenvalue weighted by atomic mass is 16.5. The maximum atomic E-state index is 13.0. The summed E-state index contributed by atoms with van der Waals surface area (Å²) in [5, 5.41) is 9.03. The van der Waals surface area contributed by atoms with Crippen LogP contribution in [0.2, 0.25) is 0 Å². The largest absolute Gasteiger partial charge is 0.372 e. The minimum absolute atomic E-state index is 0.0691. The molecule has 0 unspecified atom stereocenters. The Balaban J connectivity index is 1.65. The third-order valence-corrected chi connectivity index (χ3v) is 6.46. The van der Waals surface area contributed by atoms with Crippen LogP contribution in [0.1, 0.15) is 42.7 Å². The molecule has 1 aliphatic heterocycles. The van der Waals surface area contributed by atoms with E-state index in [0.29, 0.717) is 32.4 Å². The van der Waals surface area contributed by atoms with E-state index in [9.17, 15) is 4.79 Å². The smallest absolute Gasteiger partial charge is 0.223 e.